The van der Waals surface area contributed by atoms with Crippen LogP contribution in [0.15, 0.2) is 18.2 Å². The standard InChI is InChI=1S/C12H14ClN3O/c1-12(5-6-17-7-12)16-9-4-2-3-8(13)10(9)15-11(16)14/h2-4H,5-7H2,1H3,(H2,14,15). The Morgan fingerprint density at radius 2 is 2.35 bits per heavy atom. The number of anilines is 1. The van der Waals surface area contributed by atoms with Gasteiger partial charge >= 0.3 is 0 Å². The van der Waals surface area contributed by atoms with Gasteiger partial charge in [0.05, 0.1) is 22.7 Å². The van der Waals surface area contributed by atoms with Crippen molar-refractivity contribution in [2.24, 2.45) is 0 Å². The van der Waals surface area contributed by atoms with Gasteiger partial charge in [-0.1, -0.05) is 17.7 Å². The molecule has 1 aromatic heterocycles. The molecule has 1 aliphatic rings. The molecular formula is C12H14ClN3O. The molecule has 3 rings (SSSR count). The molecule has 17 heavy (non-hydrogen) atoms. The van der Waals surface area contributed by atoms with Gasteiger partial charge in [-0.2, -0.15) is 0 Å². The Morgan fingerprint density at radius 1 is 1.53 bits per heavy atom. The second-order valence-electron chi connectivity index (χ2n) is 4.71. The summed E-state index contributed by atoms with van der Waals surface area (Å²) in [6.07, 6.45) is 0.940. The molecule has 1 saturated heterocycles. The normalized spacial score (nSPS) is 24.6. The zero-order chi connectivity index (χ0) is 12.0. The van der Waals surface area contributed by atoms with Crippen molar-refractivity contribution in [3.05, 3.63) is 23.2 Å². The number of hydrogen-bond acceptors (Lipinski definition) is 3. The maximum Gasteiger partial charge on any atom is 0.201 e. The lowest BCUT2D eigenvalue weighted by molar-refractivity contribution is 0.164. The number of ether oxygens (including phenoxy) is 1. The predicted octanol–water partition coefficient (Wildman–Crippen LogP) is 2.41. The summed E-state index contributed by atoms with van der Waals surface area (Å²) in [7, 11) is 0. The van der Waals surface area contributed by atoms with Crippen LogP contribution >= 0.6 is 11.6 Å². The highest BCUT2D eigenvalue weighted by molar-refractivity contribution is 6.35. The lowest BCUT2D eigenvalue weighted by Crippen LogP contribution is -2.31. The summed E-state index contributed by atoms with van der Waals surface area (Å²) in [4.78, 5) is 4.36. The van der Waals surface area contributed by atoms with Crippen molar-refractivity contribution < 1.29 is 4.74 Å². The van der Waals surface area contributed by atoms with Gasteiger partial charge in [0.1, 0.15) is 5.52 Å². The monoisotopic (exact) mass is 251 g/mol. The lowest BCUT2D eigenvalue weighted by atomic mass is 10.0. The number of imidazole rings is 1. The van der Waals surface area contributed by atoms with E-state index in [1.54, 1.807) is 0 Å². The third-order valence-corrected chi connectivity index (χ3v) is 3.70. The molecule has 2 aromatic rings. The Hall–Kier alpha value is -1.26. The van der Waals surface area contributed by atoms with Gasteiger partial charge in [-0.25, -0.2) is 4.98 Å². The first-order valence-corrected chi connectivity index (χ1v) is 6.00. The molecule has 0 amide bonds. The molecule has 0 saturated carbocycles. The van der Waals surface area contributed by atoms with Crippen LogP contribution in [0.1, 0.15) is 13.3 Å². The first-order chi connectivity index (χ1) is 8.12. The van der Waals surface area contributed by atoms with Gasteiger partial charge in [0.25, 0.3) is 0 Å². The number of hydrogen-bond donors (Lipinski definition) is 1. The van der Waals surface area contributed by atoms with Crippen LogP contribution in [0.5, 0.6) is 0 Å². The van der Waals surface area contributed by atoms with Crippen molar-refractivity contribution >= 4 is 28.6 Å². The predicted molar refractivity (Wildman–Crippen MR) is 68.2 cm³/mol. The van der Waals surface area contributed by atoms with Crippen molar-refractivity contribution in [3.63, 3.8) is 0 Å². The van der Waals surface area contributed by atoms with Crippen LogP contribution in [-0.2, 0) is 10.3 Å². The second-order valence-corrected chi connectivity index (χ2v) is 5.12. The molecule has 4 nitrogen and oxygen atoms in total. The summed E-state index contributed by atoms with van der Waals surface area (Å²) in [5.74, 6) is 0.501. The van der Waals surface area contributed by atoms with Crippen molar-refractivity contribution in [2.45, 2.75) is 18.9 Å². The Kier molecular flexibility index (Phi) is 2.31. The topological polar surface area (TPSA) is 53.1 Å². The molecule has 0 bridgehead atoms. The number of nitrogens with zero attached hydrogens (tertiary/aromatic N) is 2. The summed E-state index contributed by atoms with van der Waals surface area (Å²) >= 11 is 6.13. The summed E-state index contributed by atoms with van der Waals surface area (Å²) < 4.78 is 7.52. The minimum absolute atomic E-state index is 0.122. The zero-order valence-electron chi connectivity index (χ0n) is 9.61. The van der Waals surface area contributed by atoms with Crippen LogP contribution < -0.4 is 5.73 Å². The minimum atomic E-state index is -0.122. The smallest absolute Gasteiger partial charge is 0.201 e. The van der Waals surface area contributed by atoms with Gasteiger partial charge in [-0.05, 0) is 25.5 Å². The van der Waals surface area contributed by atoms with Crippen LogP contribution in [0.25, 0.3) is 11.0 Å². The molecule has 1 unspecified atom stereocenters. The van der Waals surface area contributed by atoms with Gasteiger partial charge in [-0.3, -0.25) is 0 Å². The largest absolute Gasteiger partial charge is 0.379 e. The van der Waals surface area contributed by atoms with E-state index in [9.17, 15) is 0 Å². The average Bonchev–Trinajstić information content (AvgIpc) is 2.83. The van der Waals surface area contributed by atoms with E-state index in [1.165, 1.54) is 0 Å². The Bertz CT molecular complexity index is 572. The summed E-state index contributed by atoms with van der Waals surface area (Å²) in [6.45, 7) is 3.56. The molecule has 5 heteroatoms. The van der Waals surface area contributed by atoms with Crippen molar-refractivity contribution in [1.29, 1.82) is 0 Å². The summed E-state index contributed by atoms with van der Waals surface area (Å²) in [6, 6.07) is 5.74. The number of para-hydroxylation sites is 1. The molecule has 1 atom stereocenters. The number of benzene rings is 1. The number of nitrogens with two attached hydrogens (primary N) is 1. The van der Waals surface area contributed by atoms with E-state index in [0.717, 1.165) is 24.1 Å². The third kappa shape index (κ3) is 1.51. The van der Waals surface area contributed by atoms with Crippen molar-refractivity contribution in [1.82, 2.24) is 9.55 Å². The zero-order valence-corrected chi connectivity index (χ0v) is 10.4. The van der Waals surface area contributed by atoms with Crippen LogP contribution in [0.4, 0.5) is 5.95 Å². The molecule has 0 radical (unpaired) electrons. The fraction of sp³-hybridized carbons (Fsp3) is 0.417. The molecule has 2 N–H and O–H groups in total. The van der Waals surface area contributed by atoms with Crippen LogP contribution in [0.2, 0.25) is 5.02 Å². The van der Waals surface area contributed by atoms with E-state index in [1.807, 2.05) is 22.8 Å². The molecule has 2 heterocycles. The number of halogens is 1. The molecule has 1 aromatic carbocycles. The van der Waals surface area contributed by atoms with Gasteiger partial charge in [0, 0.05) is 6.61 Å². The molecular weight excluding hydrogens is 238 g/mol. The van der Waals surface area contributed by atoms with Crippen LogP contribution in [0.3, 0.4) is 0 Å². The fourth-order valence-electron chi connectivity index (χ4n) is 2.48. The molecule has 1 fully saturated rings. The van der Waals surface area contributed by atoms with Crippen molar-refractivity contribution in [3.8, 4) is 0 Å². The van der Waals surface area contributed by atoms with Gasteiger partial charge < -0.3 is 15.0 Å². The minimum Gasteiger partial charge on any atom is -0.379 e. The highest BCUT2D eigenvalue weighted by Gasteiger charge is 2.34. The summed E-state index contributed by atoms with van der Waals surface area (Å²) in [5, 5.41) is 0.635. The van der Waals surface area contributed by atoms with E-state index in [0.29, 0.717) is 17.6 Å². The van der Waals surface area contributed by atoms with Gasteiger partial charge in [0.15, 0.2) is 0 Å². The maximum atomic E-state index is 6.13. The van der Waals surface area contributed by atoms with Crippen LogP contribution in [-0.4, -0.2) is 22.8 Å². The van der Waals surface area contributed by atoms with Gasteiger partial charge in [0.2, 0.25) is 5.95 Å². The fourth-order valence-corrected chi connectivity index (χ4v) is 2.69. The average molecular weight is 252 g/mol. The molecule has 0 spiro atoms. The van der Waals surface area contributed by atoms with E-state index in [2.05, 4.69) is 11.9 Å². The van der Waals surface area contributed by atoms with Gasteiger partial charge in [-0.15, -0.1) is 0 Å². The Balaban J connectivity index is 2.29. The first-order valence-electron chi connectivity index (χ1n) is 5.62. The highest BCUT2D eigenvalue weighted by atomic mass is 35.5. The number of nitrogen functional groups attached to an aromatic ring is 1. The number of aromatic nitrogens is 2. The first kappa shape index (κ1) is 10.9. The number of rotatable bonds is 1. The second kappa shape index (κ2) is 3.62. The van der Waals surface area contributed by atoms with E-state index in [-0.39, 0.29) is 5.54 Å². The maximum absolute atomic E-state index is 6.13. The quantitative estimate of drug-likeness (QED) is 0.847. The SMILES string of the molecule is CC1(n2c(N)nc3c(Cl)cccc32)CCOC1. The highest BCUT2D eigenvalue weighted by Crippen LogP contribution is 2.35. The molecule has 90 valence electrons. The summed E-state index contributed by atoms with van der Waals surface area (Å²) in [5.41, 5.74) is 7.64. The number of fused-ring (bicyclic) bond motifs is 1. The van der Waals surface area contributed by atoms with E-state index < -0.39 is 0 Å². The third-order valence-electron chi connectivity index (χ3n) is 3.40. The lowest BCUT2D eigenvalue weighted by Gasteiger charge is -2.25. The Labute approximate surface area is 104 Å². The Morgan fingerprint density at radius 3 is 3.06 bits per heavy atom. The molecule has 1 aliphatic heterocycles. The molecule has 0 aliphatic carbocycles. The van der Waals surface area contributed by atoms with E-state index >= 15 is 0 Å². The van der Waals surface area contributed by atoms with Crippen molar-refractivity contribution in [2.75, 3.05) is 18.9 Å². The van der Waals surface area contributed by atoms with Crippen LogP contribution in [0, 0.1) is 0 Å². The van der Waals surface area contributed by atoms with E-state index in [4.69, 9.17) is 22.1 Å².